The third kappa shape index (κ3) is 42.7. The molecule has 0 amide bonds. The Bertz CT molecular complexity index is 6.90. The average molecular weight is 284 g/mol. The van der Waals surface area contributed by atoms with E-state index in [9.17, 15) is 0 Å². The average Bonchev–Trinajstić information content (AvgIpc) is 0. The molecule has 0 N–H and O–H groups in total. The maximum absolute atomic E-state index is 0. The van der Waals surface area contributed by atoms with Crippen LogP contribution in [0.5, 0.6) is 0 Å². The summed E-state index contributed by atoms with van der Waals surface area (Å²) in [7, 11) is 0. The van der Waals surface area contributed by atoms with Gasteiger partial charge in [0.1, 0.15) is 0 Å². The fourth-order valence-corrected chi connectivity index (χ4v) is 0. The topological polar surface area (TPSA) is 0 Å². The van der Waals surface area contributed by atoms with E-state index in [-0.39, 0.29) is 119 Å². The summed E-state index contributed by atoms with van der Waals surface area (Å²) in [4.78, 5) is 0. The van der Waals surface area contributed by atoms with Gasteiger partial charge in [-0.3, -0.25) is 0 Å². The summed E-state index contributed by atoms with van der Waals surface area (Å²) >= 11 is 0. The quantitative estimate of drug-likeness (QED) is 0.473. The third-order valence-corrected chi connectivity index (χ3v) is 0. The zero-order valence-electron chi connectivity index (χ0n) is 3.26. The molecule has 0 unspecified atom stereocenters. The van der Waals surface area contributed by atoms with Crippen LogP contribution in [0.25, 0.3) is 0 Å². The van der Waals surface area contributed by atoms with E-state index in [4.69, 9.17) is 0 Å². The predicted octanol–water partition coefficient (Wildman–Crippen LogP) is -1.53. The van der Waals surface area contributed by atoms with Gasteiger partial charge < -0.3 is 49.5 Å². The smallest absolute Gasteiger partial charge is 1.00 e. The molecular formula is Al4Ni3. The molecule has 0 aliphatic carbocycles. The zero-order valence-corrected chi connectivity index (χ0v) is 10.8. The normalized spacial score (nSPS) is 0. The van der Waals surface area contributed by atoms with E-state index in [0.29, 0.717) is 0 Å². The third-order valence-electron chi connectivity index (χ3n) is 0. The first kappa shape index (κ1) is 75.2. The molecule has 12 radical (unpaired) electrons. The van der Waals surface area contributed by atoms with Crippen LogP contribution in [-0.2, 0) is 49.5 Å². The van der Waals surface area contributed by atoms with E-state index in [1.807, 2.05) is 0 Å². The Hall–Kier alpha value is 3.61. The summed E-state index contributed by atoms with van der Waals surface area (Å²) in [6, 6.07) is 0. The van der Waals surface area contributed by atoms with E-state index in [1.165, 1.54) is 0 Å². The number of rotatable bonds is 0. The maximum Gasteiger partial charge on any atom is 3.00 e. The number of hydrogen-bond acceptors (Lipinski definition) is 0. The number of hydrogen-bond donors (Lipinski definition) is 0. The van der Waals surface area contributed by atoms with Gasteiger partial charge in [-0.05, 0) is 0 Å². The Balaban J connectivity index is 0. The molecular weight excluding hydrogens is 284 g/mol. The van der Waals surface area contributed by atoms with E-state index in [0.717, 1.165) is 0 Å². The predicted molar refractivity (Wildman–Crippen MR) is 23.0 cm³/mol. The van der Waals surface area contributed by atoms with Crippen molar-refractivity contribution in [3.63, 3.8) is 0 Å². The molecule has 0 saturated heterocycles. The first-order valence-electron chi connectivity index (χ1n) is 0. The molecule has 0 aromatic carbocycles. The molecule has 0 aromatic heterocycles. The summed E-state index contributed by atoms with van der Waals surface area (Å²) in [5, 5.41) is 0. The van der Waals surface area contributed by atoms with Crippen molar-refractivity contribution in [1.29, 1.82) is 0 Å². The molecule has 0 fully saturated rings. The standard InChI is InChI=1S/4Al.3Ni/q;;;+3;3*-1. The van der Waals surface area contributed by atoms with Gasteiger partial charge in [-0.2, -0.15) is 0 Å². The maximum atomic E-state index is 0. The molecule has 7 heavy (non-hydrogen) atoms. The summed E-state index contributed by atoms with van der Waals surface area (Å²) in [5.41, 5.74) is 0. The Morgan fingerprint density at radius 1 is 0.429 bits per heavy atom. The molecule has 0 atom stereocenters. The minimum absolute atomic E-state index is 0. The summed E-state index contributed by atoms with van der Waals surface area (Å²) in [6.45, 7) is 0. The van der Waals surface area contributed by atoms with Gasteiger partial charge in [-0.15, -0.1) is 0 Å². The van der Waals surface area contributed by atoms with Crippen molar-refractivity contribution in [2.45, 2.75) is 0 Å². The second kappa shape index (κ2) is 54.7. The van der Waals surface area contributed by atoms with Gasteiger partial charge in [0, 0.05) is 52.1 Å². The van der Waals surface area contributed by atoms with Gasteiger partial charge in [0.05, 0.1) is 0 Å². The van der Waals surface area contributed by atoms with Crippen molar-refractivity contribution < 1.29 is 49.5 Å². The van der Waals surface area contributed by atoms with Crippen molar-refractivity contribution >= 4 is 69.4 Å². The molecule has 0 saturated carbocycles. The minimum Gasteiger partial charge on any atom is -1.00 e. The molecule has 0 nitrogen and oxygen atoms in total. The zero-order chi connectivity index (χ0) is 0. The summed E-state index contributed by atoms with van der Waals surface area (Å²) in [6.07, 6.45) is 0. The van der Waals surface area contributed by atoms with Crippen molar-refractivity contribution in [2.24, 2.45) is 0 Å². The fourth-order valence-electron chi connectivity index (χ4n) is 0. The Kier molecular flexibility index (Phi) is 587. The van der Waals surface area contributed by atoms with Crippen molar-refractivity contribution in [2.75, 3.05) is 0 Å². The molecule has 0 bridgehead atoms. The van der Waals surface area contributed by atoms with Gasteiger partial charge in [0.15, 0.2) is 0 Å². The van der Waals surface area contributed by atoms with Gasteiger partial charge >= 0.3 is 17.4 Å². The Morgan fingerprint density at radius 3 is 0.429 bits per heavy atom. The van der Waals surface area contributed by atoms with Gasteiger partial charge in [0.2, 0.25) is 0 Å². The van der Waals surface area contributed by atoms with Crippen LogP contribution in [0, 0.1) is 0 Å². The van der Waals surface area contributed by atoms with Gasteiger partial charge in [-0.25, -0.2) is 0 Å². The minimum atomic E-state index is 0. The monoisotopic (exact) mass is 282 g/mol. The molecule has 42 valence electrons. The first-order chi connectivity index (χ1) is 0. The van der Waals surface area contributed by atoms with Gasteiger partial charge in [0.25, 0.3) is 0 Å². The van der Waals surface area contributed by atoms with Crippen LogP contribution < -0.4 is 0 Å². The molecule has 0 aromatic rings. The van der Waals surface area contributed by atoms with Crippen LogP contribution in [0.15, 0.2) is 0 Å². The summed E-state index contributed by atoms with van der Waals surface area (Å²) < 4.78 is 0. The van der Waals surface area contributed by atoms with E-state index in [1.54, 1.807) is 0 Å². The molecule has 0 spiro atoms. The van der Waals surface area contributed by atoms with Crippen LogP contribution in [0.1, 0.15) is 0 Å². The SMILES string of the molecule is [Al+3].[Al].[Al].[Al].[Ni-].[Ni-].[Ni-]. The summed E-state index contributed by atoms with van der Waals surface area (Å²) in [5.74, 6) is 0. The Labute approximate surface area is 117 Å². The van der Waals surface area contributed by atoms with Crippen molar-refractivity contribution in [3.8, 4) is 0 Å². The molecule has 0 heterocycles. The molecule has 0 aliphatic rings. The van der Waals surface area contributed by atoms with E-state index >= 15 is 0 Å². The second-order valence-electron chi connectivity index (χ2n) is 0. The molecule has 7 heteroatoms. The van der Waals surface area contributed by atoms with Crippen molar-refractivity contribution in [1.82, 2.24) is 0 Å². The van der Waals surface area contributed by atoms with E-state index < -0.39 is 0 Å². The van der Waals surface area contributed by atoms with Crippen LogP contribution in [0.4, 0.5) is 0 Å². The Morgan fingerprint density at radius 2 is 0.429 bits per heavy atom. The van der Waals surface area contributed by atoms with Gasteiger partial charge in [-0.1, -0.05) is 0 Å². The fraction of sp³-hybridized carbons (Fsp3) is 0. The first-order valence-corrected chi connectivity index (χ1v) is 0. The molecule has 0 aliphatic heterocycles. The van der Waals surface area contributed by atoms with Crippen LogP contribution in [0.3, 0.4) is 0 Å². The largest absolute Gasteiger partial charge is 3.00 e. The second-order valence-corrected chi connectivity index (χ2v) is 0. The van der Waals surface area contributed by atoms with Crippen molar-refractivity contribution in [3.05, 3.63) is 0 Å². The van der Waals surface area contributed by atoms with Crippen LogP contribution in [-0.4, -0.2) is 69.4 Å². The van der Waals surface area contributed by atoms with E-state index in [2.05, 4.69) is 0 Å². The molecule has 0 rings (SSSR count). The van der Waals surface area contributed by atoms with Crippen LogP contribution >= 0.6 is 0 Å². The van der Waals surface area contributed by atoms with Crippen LogP contribution in [0.2, 0.25) is 0 Å².